The first-order chi connectivity index (χ1) is 14.7. The molecule has 1 unspecified atom stereocenters. The summed E-state index contributed by atoms with van der Waals surface area (Å²) >= 11 is 0. The Balaban J connectivity index is 1.30. The lowest BCUT2D eigenvalue weighted by molar-refractivity contribution is 0.538. The molecule has 0 saturated heterocycles. The largest absolute Gasteiger partial charge is 0.441 e. The van der Waals surface area contributed by atoms with Crippen LogP contribution in [0, 0.1) is 6.92 Å². The highest BCUT2D eigenvalue weighted by atomic mass is 16.4. The summed E-state index contributed by atoms with van der Waals surface area (Å²) in [5.74, 6) is 2.19. The van der Waals surface area contributed by atoms with Gasteiger partial charge in [0.2, 0.25) is 5.89 Å². The minimum Gasteiger partial charge on any atom is -0.441 e. The van der Waals surface area contributed by atoms with Crippen LogP contribution in [0.25, 0.3) is 11.5 Å². The SMILES string of the molecule is Cc1oc(-c2ccccc2)nc1CCCc1ccc(CC(C)c2ccccc2)cc1. The van der Waals surface area contributed by atoms with Gasteiger partial charge in [-0.15, -0.1) is 0 Å². The van der Waals surface area contributed by atoms with Crippen molar-refractivity contribution < 1.29 is 4.42 Å². The lowest BCUT2D eigenvalue weighted by atomic mass is 9.93. The van der Waals surface area contributed by atoms with E-state index in [4.69, 9.17) is 9.40 Å². The fourth-order valence-electron chi connectivity index (χ4n) is 3.92. The van der Waals surface area contributed by atoms with Gasteiger partial charge in [-0.25, -0.2) is 4.98 Å². The van der Waals surface area contributed by atoms with E-state index in [1.165, 1.54) is 16.7 Å². The van der Waals surface area contributed by atoms with Crippen LogP contribution in [-0.4, -0.2) is 4.98 Å². The molecule has 3 aromatic carbocycles. The molecule has 152 valence electrons. The van der Waals surface area contributed by atoms with E-state index >= 15 is 0 Å². The minimum atomic E-state index is 0.533. The van der Waals surface area contributed by atoms with E-state index in [1.807, 2.05) is 37.3 Å². The number of nitrogens with zero attached hydrogens (tertiary/aromatic N) is 1. The van der Waals surface area contributed by atoms with Crippen LogP contribution < -0.4 is 0 Å². The zero-order valence-electron chi connectivity index (χ0n) is 17.8. The monoisotopic (exact) mass is 395 g/mol. The molecule has 2 heteroatoms. The molecular formula is C28H29NO. The predicted octanol–water partition coefficient (Wildman–Crippen LogP) is 7.17. The Morgan fingerprint density at radius 1 is 0.767 bits per heavy atom. The average molecular weight is 396 g/mol. The Morgan fingerprint density at radius 2 is 1.40 bits per heavy atom. The van der Waals surface area contributed by atoms with Gasteiger partial charge in [-0.05, 0) is 67.3 Å². The van der Waals surface area contributed by atoms with Crippen molar-refractivity contribution in [2.24, 2.45) is 0 Å². The standard InChI is InChI=1S/C28H29NO/c1-21(25-11-5-3-6-12-25)20-24-18-16-23(17-19-24)10-9-15-27-22(2)30-28(29-27)26-13-7-4-8-14-26/h3-8,11-14,16-19,21H,9-10,15,20H2,1-2H3. The van der Waals surface area contributed by atoms with Gasteiger partial charge in [0.05, 0.1) is 5.69 Å². The minimum absolute atomic E-state index is 0.533. The van der Waals surface area contributed by atoms with Crippen molar-refractivity contribution in [3.63, 3.8) is 0 Å². The van der Waals surface area contributed by atoms with Gasteiger partial charge in [0, 0.05) is 5.56 Å². The zero-order chi connectivity index (χ0) is 20.8. The number of oxazole rings is 1. The summed E-state index contributed by atoms with van der Waals surface area (Å²) in [4.78, 5) is 4.72. The van der Waals surface area contributed by atoms with E-state index in [0.717, 1.165) is 48.6 Å². The van der Waals surface area contributed by atoms with E-state index in [9.17, 15) is 0 Å². The molecule has 1 atom stereocenters. The van der Waals surface area contributed by atoms with E-state index in [2.05, 4.69) is 61.5 Å². The second kappa shape index (κ2) is 9.58. The van der Waals surface area contributed by atoms with E-state index in [0.29, 0.717) is 5.92 Å². The van der Waals surface area contributed by atoms with Crippen LogP contribution in [0.4, 0.5) is 0 Å². The fraction of sp³-hybridized carbons (Fsp3) is 0.250. The van der Waals surface area contributed by atoms with Crippen molar-refractivity contribution in [2.45, 2.75) is 45.4 Å². The van der Waals surface area contributed by atoms with Gasteiger partial charge < -0.3 is 4.42 Å². The molecular weight excluding hydrogens is 366 g/mol. The molecule has 0 aliphatic carbocycles. The summed E-state index contributed by atoms with van der Waals surface area (Å²) in [5, 5.41) is 0. The summed E-state index contributed by atoms with van der Waals surface area (Å²) < 4.78 is 5.88. The van der Waals surface area contributed by atoms with Gasteiger partial charge >= 0.3 is 0 Å². The third-order valence-corrected chi connectivity index (χ3v) is 5.73. The molecule has 0 bridgehead atoms. The fourth-order valence-corrected chi connectivity index (χ4v) is 3.92. The summed E-state index contributed by atoms with van der Waals surface area (Å²) in [6, 6.07) is 30.0. The Hall–Kier alpha value is -3.13. The quantitative estimate of drug-likeness (QED) is 0.316. The number of benzene rings is 3. The van der Waals surface area contributed by atoms with Crippen molar-refractivity contribution in [2.75, 3.05) is 0 Å². The third-order valence-electron chi connectivity index (χ3n) is 5.73. The first-order valence-electron chi connectivity index (χ1n) is 10.8. The van der Waals surface area contributed by atoms with Crippen molar-refractivity contribution in [1.29, 1.82) is 0 Å². The Kier molecular flexibility index (Phi) is 6.44. The normalized spacial score (nSPS) is 12.1. The van der Waals surface area contributed by atoms with Crippen LogP contribution in [0.5, 0.6) is 0 Å². The van der Waals surface area contributed by atoms with Crippen LogP contribution in [0.3, 0.4) is 0 Å². The van der Waals surface area contributed by atoms with Crippen molar-refractivity contribution in [1.82, 2.24) is 4.98 Å². The van der Waals surface area contributed by atoms with Crippen molar-refractivity contribution >= 4 is 0 Å². The van der Waals surface area contributed by atoms with E-state index < -0.39 is 0 Å². The number of aromatic nitrogens is 1. The van der Waals surface area contributed by atoms with Crippen LogP contribution in [0.1, 0.15) is 47.4 Å². The van der Waals surface area contributed by atoms with E-state index in [-0.39, 0.29) is 0 Å². The molecule has 30 heavy (non-hydrogen) atoms. The van der Waals surface area contributed by atoms with Gasteiger partial charge in [0.25, 0.3) is 0 Å². The summed E-state index contributed by atoms with van der Waals surface area (Å²) in [7, 11) is 0. The highest BCUT2D eigenvalue weighted by Gasteiger charge is 2.11. The smallest absolute Gasteiger partial charge is 0.226 e. The lowest BCUT2D eigenvalue weighted by Gasteiger charge is -2.12. The van der Waals surface area contributed by atoms with Crippen LogP contribution >= 0.6 is 0 Å². The van der Waals surface area contributed by atoms with Crippen molar-refractivity contribution in [3.05, 3.63) is 113 Å². The maximum atomic E-state index is 5.88. The molecule has 0 fully saturated rings. The number of aryl methyl sites for hydroxylation is 3. The topological polar surface area (TPSA) is 26.0 Å². The van der Waals surface area contributed by atoms with Crippen molar-refractivity contribution in [3.8, 4) is 11.5 Å². The molecule has 0 spiro atoms. The van der Waals surface area contributed by atoms with Gasteiger partial charge in [0.15, 0.2) is 0 Å². The molecule has 0 amide bonds. The highest BCUT2D eigenvalue weighted by Crippen LogP contribution is 2.23. The van der Waals surface area contributed by atoms with Crippen LogP contribution in [0.15, 0.2) is 89.3 Å². The maximum Gasteiger partial charge on any atom is 0.226 e. The van der Waals surface area contributed by atoms with Crippen LogP contribution in [0.2, 0.25) is 0 Å². The Labute approximate surface area is 179 Å². The number of hydrogen-bond acceptors (Lipinski definition) is 2. The summed E-state index contributed by atoms with van der Waals surface area (Å²) in [5.41, 5.74) is 6.29. The zero-order valence-corrected chi connectivity index (χ0v) is 17.8. The number of rotatable bonds is 8. The lowest BCUT2D eigenvalue weighted by Crippen LogP contribution is -1.98. The second-order valence-corrected chi connectivity index (χ2v) is 8.07. The molecule has 4 rings (SSSR count). The molecule has 2 nitrogen and oxygen atoms in total. The Bertz CT molecular complexity index is 1050. The highest BCUT2D eigenvalue weighted by molar-refractivity contribution is 5.53. The third kappa shape index (κ3) is 5.07. The molecule has 0 radical (unpaired) electrons. The molecule has 4 aromatic rings. The van der Waals surface area contributed by atoms with E-state index in [1.54, 1.807) is 0 Å². The molecule has 1 aromatic heterocycles. The summed E-state index contributed by atoms with van der Waals surface area (Å²) in [6.45, 7) is 4.31. The molecule has 0 N–H and O–H groups in total. The van der Waals surface area contributed by atoms with Gasteiger partial charge in [0.1, 0.15) is 5.76 Å². The molecule has 0 saturated carbocycles. The van der Waals surface area contributed by atoms with Gasteiger partial charge in [-0.3, -0.25) is 0 Å². The van der Waals surface area contributed by atoms with Gasteiger partial charge in [-0.1, -0.05) is 79.7 Å². The maximum absolute atomic E-state index is 5.88. The van der Waals surface area contributed by atoms with Gasteiger partial charge in [-0.2, -0.15) is 0 Å². The first-order valence-corrected chi connectivity index (χ1v) is 10.8. The second-order valence-electron chi connectivity index (χ2n) is 8.07. The Morgan fingerprint density at radius 3 is 2.10 bits per heavy atom. The summed E-state index contributed by atoms with van der Waals surface area (Å²) in [6.07, 6.45) is 4.14. The first kappa shape index (κ1) is 20.2. The predicted molar refractivity (Wildman–Crippen MR) is 124 cm³/mol. The molecule has 0 aliphatic rings. The molecule has 0 aliphatic heterocycles. The van der Waals surface area contributed by atoms with Crippen LogP contribution in [-0.2, 0) is 19.3 Å². The molecule has 1 heterocycles. The number of hydrogen-bond donors (Lipinski definition) is 0. The average Bonchev–Trinajstić information content (AvgIpc) is 3.17.